The number of nitrogens with one attached hydrogen (secondary N) is 2. The van der Waals surface area contributed by atoms with E-state index >= 15 is 0 Å². The van der Waals surface area contributed by atoms with Crippen molar-refractivity contribution in [2.24, 2.45) is 7.05 Å². The Morgan fingerprint density at radius 3 is 2.47 bits per heavy atom. The zero-order chi connectivity index (χ0) is 26.8. The van der Waals surface area contributed by atoms with E-state index in [9.17, 15) is 22.8 Å². The van der Waals surface area contributed by atoms with E-state index in [-0.39, 0.29) is 16.9 Å². The van der Waals surface area contributed by atoms with Crippen molar-refractivity contribution in [3.8, 4) is 22.4 Å². The lowest BCUT2D eigenvalue weighted by Crippen LogP contribution is -2.23. The number of rotatable bonds is 7. The third-order valence-electron chi connectivity index (χ3n) is 6.39. The van der Waals surface area contributed by atoms with Crippen LogP contribution in [0.5, 0.6) is 0 Å². The van der Waals surface area contributed by atoms with Gasteiger partial charge < -0.3 is 14.9 Å². The minimum atomic E-state index is -2.74. The molecule has 1 atom stereocenters. The van der Waals surface area contributed by atoms with Crippen LogP contribution in [0.1, 0.15) is 17.9 Å². The minimum Gasteiger partial charge on any atom is -0.354 e. The van der Waals surface area contributed by atoms with Crippen LogP contribution in [0.15, 0.2) is 90.0 Å². The smallest absolute Gasteiger partial charge is 0.260 e. The molecule has 2 aromatic carbocycles. The van der Waals surface area contributed by atoms with Crippen LogP contribution < -0.4 is 10.9 Å². The second-order valence-corrected chi connectivity index (χ2v) is 8.91. The molecule has 3 aromatic heterocycles. The summed E-state index contributed by atoms with van der Waals surface area (Å²) in [6, 6.07) is 19.5. The van der Waals surface area contributed by atoms with E-state index < -0.39 is 30.5 Å². The summed E-state index contributed by atoms with van der Waals surface area (Å²) >= 11 is 0. The summed E-state index contributed by atoms with van der Waals surface area (Å²) in [4.78, 5) is 33.7. The number of halogens is 3. The standard InChI is InChI=1S/C29H23F3N4O2/c1-36-14-12-22-26(29(36)38)25(18-5-3-2-4-6-18)27(34-22)19-11-13-33-24(15-19)35-28(37)21(16-23(31)32)17-7-9-20(30)10-8-17/h2-15,21,23,34H,16H2,1H3,(H,33,35,37)/t21-/m1/s1. The number of aryl methyl sites for hydroxylation is 1. The summed E-state index contributed by atoms with van der Waals surface area (Å²) in [5.74, 6) is -2.26. The lowest BCUT2D eigenvalue weighted by Gasteiger charge is -2.17. The van der Waals surface area contributed by atoms with E-state index in [4.69, 9.17) is 0 Å². The summed E-state index contributed by atoms with van der Waals surface area (Å²) in [7, 11) is 1.68. The van der Waals surface area contributed by atoms with Gasteiger partial charge in [0, 0.05) is 37.0 Å². The lowest BCUT2D eigenvalue weighted by molar-refractivity contribution is -0.118. The number of benzene rings is 2. The first-order valence-electron chi connectivity index (χ1n) is 11.9. The summed E-state index contributed by atoms with van der Waals surface area (Å²) < 4.78 is 41.5. The van der Waals surface area contributed by atoms with Crippen molar-refractivity contribution in [1.29, 1.82) is 0 Å². The number of pyridine rings is 2. The molecule has 0 bridgehead atoms. The Morgan fingerprint density at radius 2 is 1.76 bits per heavy atom. The molecule has 9 heteroatoms. The SMILES string of the molecule is Cn1ccc2[nH]c(-c3ccnc(NC(=O)[C@H](CC(F)F)c4ccc(F)cc4)c3)c(-c3ccccc3)c2c1=O. The molecular formula is C29H23F3N4O2. The number of aromatic amines is 1. The van der Waals surface area contributed by atoms with Gasteiger partial charge in [0.2, 0.25) is 12.3 Å². The maximum atomic E-state index is 13.4. The number of aromatic nitrogens is 3. The molecule has 0 aliphatic rings. The van der Waals surface area contributed by atoms with Gasteiger partial charge in [-0.15, -0.1) is 0 Å². The first-order chi connectivity index (χ1) is 18.3. The average Bonchev–Trinajstić information content (AvgIpc) is 3.31. The number of carbonyl (C=O) groups is 1. The number of hydrogen-bond donors (Lipinski definition) is 2. The average molecular weight is 517 g/mol. The Kier molecular flexibility index (Phi) is 6.83. The summed E-state index contributed by atoms with van der Waals surface area (Å²) in [5.41, 5.74) is 3.57. The van der Waals surface area contributed by atoms with Crippen LogP contribution in [0.25, 0.3) is 33.3 Å². The number of H-pyrrole nitrogens is 1. The van der Waals surface area contributed by atoms with Crippen molar-refractivity contribution in [1.82, 2.24) is 14.5 Å². The van der Waals surface area contributed by atoms with Gasteiger partial charge in [-0.1, -0.05) is 42.5 Å². The Bertz CT molecular complexity index is 1660. The predicted molar refractivity (Wildman–Crippen MR) is 141 cm³/mol. The first kappa shape index (κ1) is 25.0. The number of fused-ring (bicyclic) bond motifs is 1. The van der Waals surface area contributed by atoms with Gasteiger partial charge in [0.25, 0.3) is 5.56 Å². The molecule has 0 aliphatic carbocycles. The van der Waals surface area contributed by atoms with Crippen LogP contribution in [0.3, 0.4) is 0 Å². The third kappa shape index (κ3) is 4.95. The normalized spacial score (nSPS) is 12.1. The Hall–Kier alpha value is -4.66. The molecule has 0 radical (unpaired) electrons. The van der Waals surface area contributed by atoms with E-state index in [2.05, 4.69) is 15.3 Å². The second-order valence-electron chi connectivity index (χ2n) is 8.91. The largest absolute Gasteiger partial charge is 0.354 e. The molecule has 0 fully saturated rings. The molecule has 5 aromatic rings. The summed E-state index contributed by atoms with van der Waals surface area (Å²) in [6.45, 7) is 0. The van der Waals surface area contributed by atoms with Crippen LogP contribution in [-0.4, -0.2) is 26.9 Å². The zero-order valence-corrected chi connectivity index (χ0v) is 20.3. The highest BCUT2D eigenvalue weighted by molar-refractivity contribution is 6.03. The van der Waals surface area contributed by atoms with Gasteiger partial charge >= 0.3 is 0 Å². The van der Waals surface area contributed by atoms with Crippen molar-refractivity contribution in [3.05, 3.63) is 107 Å². The molecule has 0 saturated heterocycles. The van der Waals surface area contributed by atoms with E-state index in [0.29, 0.717) is 27.7 Å². The third-order valence-corrected chi connectivity index (χ3v) is 6.39. The van der Waals surface area contributed by atoms with Crippen LogP contribution >= 0.6 is 0 Å². The number of hydrogen-bond acceptors (Lipinski definition) is 3. The van der Waals surface area contributed by atoms with Crippen LogP contribution in [-0.2, 0) is 11.8 Å². The quantitative estimate of drug-likeness (QED) is 0.274. The highest BCUT2D eigenvalue weighted by Crippen LogP contribution is 2.37. The van der Waals surface area contributed by atoms with Gasteiger partial charge in [-0.05, 0) is 41.5 Å². The maximum absolute atomic E-state index is 13.4. The second kappa shape index (κ2) is 10.4. The number of alkyl halides is 2. The van der Waals surface area contributed by atoms with Crippen LogP contribution in [0.4, 0.5) is 19.0 Å². The molecule has 38 heavy (non-hydrogen) atoms. The molecule has 1 amide bonds. The number of carbonyl (C=O) groups excluding carboxylic acids is 1. The summed E-state index contributed by atoms with van der Waals surface area (Å²) in [5, 5.41) is 3.15. The van der Waals surface area contributed by atoms with Crippen molar-refractivity contribution in [3.63, 3.8) is 0 Å². The van der Waals surface area contributed by atoms with Gasteiger partial charge in [0.05, 0.1) is 22.5 Å². The monoisotopic (exact) mass is 516 g/mol. The molecule has 0 spiro atoms. The van der Waals surface area contributed by atoms with E-state index in [1.54, 1.807) is 25.4 Å². The molecule has 6 nitrogen and oxygen atoms in total. The molecule has 0 aliphatic heterocycles. The molecule has 0 unspecified atom stereocenters. The molecule has 192 valence electrons. The van der Waals surface area contributed by atoms with Gasteiger partial charge in [-0.2, -0.15) is 0 Å². The Morgan fingerprint density at radius 1 is 1.03 bits per heavy atom. The number of nitrogens with zero attached hydrogens (tertiary/aromatic N) is 2. The minimum absolute atomic E-state index is 0.152. The topological polar surface area (TPSA) is 79.8 Å². The van der Waals surface area contributed by atoms with Crippen molar-refractivity contribution < 1.29 is 18.0 Å². The van der Waals surface area contributed by atoms with E-state index in [1.807, 2.05) is 36.4 Å². The zero-order valence-electron chi connectivity index (χ0n) is 20.3. The van der Waals surface area contributed by atoms with Crippen molar-refractivity contribution in [2.75, 3.05) is 5.32 Å². The van der Waals surface area contributed by atoms with Crippen LogP contribution in [0.2, 0.25) is 0 Å². The fraction of sp³-hybridized carbons (Fsp3) is 0.138. The Balaban J connectivity index is 1.55. The van der Waals surface area contributed by atoms with Gasteiger partial charge in [-0.3, -0.25) is 9.59 Å². The fourth-order valence-electron chi connectivity index (χ4n) is 4.54. The van der Waals surface area contributed by atoms with Gasteiger partial charge in [0.15, 0.2) is 0 Å². The lowest BCUT2D eigenvalue weighted by atomic mass is 9.95. The van der Waals surface area contributed by atoms with Gasteiger partial charge in [-0.25, -0.2) is 18.2 Å². The molecule has 5 rings (SSSR count). The number of anilines is 1. The van der Waals surface area contributed by atoms with E-state index in [1.165, 1.54) is 22.9 Å². The van der Waals surface area contributed by atoms with Crippen LogP contribution in [0, 0.1) is 5.82 Å². The molecule has 0 saturated carbocycles. The highest BCUT2D eigenvalue weighted by Gasteiger charge is 2.26. The Labute approximate surface area is 215 Å². The molecular weight excluding hydrogens is 493 g/mol. The number of amides is 1. The van der Waals surface area contributed by atoms with Crippen molar-refractivity contribution >= 4 is 22.6 Å². The highest BCUT2D eigenvalue weighted by atomic mass is 19.3. The van der Waals surface area contributed by atoms with E-state index in [0.717, 1.165) is 17.7 Å². The van der Waals surface area contributed by atoms with Gasteiger partial charge in [0.1, 0.15) is 11.6 Å². The fourth-order valence-corrected chi connectivity index (χ4v) is 4.54. The maximum Gasteiger partial charge on any atom is 0.260 e. The molecule has 3 heterocycles. The van der Waals surface area contributed by atoms with Crippen molar-refractivity contribution in [2.45, 2.75) is 18.8 Å². The predicted octanol–water partition coefficient (Wildman–Crippen LogP) is 6.11. The summed E-state index contributed by atoms with van der Waals surface area (Å²) in [6.07, 6.45) is -0.294. The first-order valence-corrected chi connectivity index (χ1v) is 11.9. The molecule has 2 N–H and O–H groups in total.